The minimum absolute atomic E-state index is 0.518. The lowest BCUT2D eigenvalue weighted by atomic mass is 9.71. The van der Waals surface area contributed by atoms with Crippen molar-refractivity contribution in [1.29, 1.82) is 0 Å². The fourth-order valence-corrected chi connectivity index (χ4v) is 3.38. The molecule has 0 amide bonds. The Bertz CT molecular complexity index is 208. The van der Waals surface area contributed by atoms with Gasteiger partial charge in [0, 0.05) is 6.04 Å². The van der Waals surface area contributed by atoms with Gasteiger partial charge in [-0.1, -0.05) is 59.8 Å². The van der Waals surface area contributed by atoms with Gasteiger partial charge in [0.15, 0.2) is 0 Å². The molecule has 1 heteroatoms. The lowest BCUT2D eigenvalue weighted by Gasteiger charge is -2.37. The first-order valence-corrected chi connectivity index (χ1v) is 8.77. The van der Waals surface area contributed by atoms with Crippen molar-refractivity contribution in [2.24, 2.45) is 11.3 Å². The molecule has 1 aliphatic carbocycles. The van der Waals surface area contributed by atoms with E-state index in [1.807, 2.05) is 0 Å². The van der Waals surface area contributed by atoms with Crippen molar-refractivity contribution >= 4 is 0 Å². The fraction of sp³-hybridized carbons (Fsp3) is 1.00. The van der Waals surface area contributed by atoms with Gasteiger partial charge < -0.3 is 5.32 Å². The van der Waals surface area contributed by atoms with Gasteiger partial charge in [0.25, 0.3) is 0 Å². The predicted octanol–water partition coefficient (Wildman–Crippen LogP) is 5.54. The second-order valence-electron chi connectivity index (χ2n) is 7.64. The Morgan fingerprint density at radius 3 is 2.00 bits per heavy atom. The van der Waals surface area contributed by atoms with Crippen molar-refractivity contribution < 1.29 is 0 Å². The van der Waals surface area contributed by atoms with Crippen LogP contribution in [0.15, 0.2) is 0 Å². The molecule has 0 aromatic rings. The Labute approximate surface area is 121 Å². The number of hydrogen-bond acceptors (Lipinski definition) is 1. The van der Waals surface area contributed by atoms with E-state index in [1.54, 1.807) is 0 Å². The van der Waals surface area contributed by atoms with Crippen LogP contribution in [0.25, 0.3) is 0 Å². The average Bonchev–Trinajstić information content (AvgIpc) is 2.37. The molecule has 0 spiro atoms. The minimum atomic E-state index is 0.518. The third-order valence-electron chi connectivity index (χ3n) is 4.92. The molecule has 0 aliphatic heterocycles. The van der Waals surface area contributed by atoms with Crippen LogP contribution >= 0.6 is 0 Å². The van der Waals surface area contributed by atoms with Crippen LogP contribution < -0.4 is 5.32 Å². The summed E-state index contributed by atoms with van der Waals surface area (Å²) in [5.74, 6) is 0.944. The molecule has 1 aliphatic rings. The van der Waals surface area contributed by atoms with Crippen molar-refractivity contribution in [2.75, 3.05) is 6.54 Å². The van der Waals surface area contributed by atoms with E-state index in [0.717, 1.165) is 12.0 Å². The highest BCUT2D eigenvalue weighted by atomic mass is 14.9. The molecule has 1 fully saturated rings. The van der Waals surface area contributed by atoms with Crippen LogP contribution in [-0.2, 0) is 0 Å². The van der Waals surface area contributed by atoms with Crippen LogP contribution in [0.3, 0.4) is 0 Å². The van der Waals surface area contributed by atoms with Crippen LogP contribution in [0.2, 0.25) is 0 Å². The van der Waals surface area contributed by atoms with Gasteiger partial charge in [-0.3, -0.25) is 0 Å². The highest BCUT2D eigenvalue weighted by molar-refractivity contribution is 4.83. The summed E-state index contributed by atoms with van der Waals surface area (Å²) in [6.45, 7) is 10.7. The molecule has 1 rings (SSSR count). The maximum atomic E-state index is 3.78. The van der Waals surface area contributed by atoms with Crippen molar-refractivity contribution in [3.63, 3.8) is 0 Å². The van der Waals surface area contributed by atoms with Gasteiger partial charge in [0.05, 0.1) is 0 Å². The standard InChI is InChI=1S/C18H37N/c1-5-6-7-8-9-10-15-19-17-13-11-16(12-14-17)18(2,3)4/h16-17,19H,5-15H2,1-4H3/t16-,17-. The molecule has 0 unspecified atom stereocenters. The van der Waals surface area contributed by atoms with Crippen molar-refractivity contribution in [3.8, 4) is 0 Å². The van der Waals surface area contributed by atoms with Crippen molar-refractivity contribution in [2.45, 2.75) is 97.9 Å². The van der Waals surface area contributed by atoms with Crippen molar-refractivity contribution in [3.05, 3.63) is 0 Å². The number of rotatable bonds is 8. The van der Waals surface area contributed by atoms with Crippen LogP contribution in [0.1, 0.15) is 91.9 Å². The molecular formula is C18H37N. The fourth-order valence-electron chi connectivity index (χ4n) is 3.38. The molecule has 0 radical (unpaired) electrons. The molecular weight excluding hydrogens is 230 g/mol. The highest BCUT2D eigenvalue weighted by Gasteiger charge is 2.29. The summed E-state index contributed by atoms with van der Waals surface area (Å²) < 4.78 is 0. The SMILES string of the molecule is CCCCCCCCN[C@H]1CC[C@H](C(C)(C)C)CC1. The van der Waals surface area contributed by atoms with Crippen LogP contribution in [-0.4, -0.2) is 12.6 Å². The monoisotopic (exact) mass is 267 g/mol. The van der Waals surface area contributed by atoms with E-state index in [0.29, 0.717) is 5.41 Å². The van der Waals surface area contributed by atoms with Crippen LogP contribution in [0.4, 0.5) is 0 Å². The zero-order valence-electron chi connectivity index (χ0n) is 13.9. The molecule has 1 nitrogen and oxygen atoms in total. The van der Waals surface area contributed by atoms with E-state index >= 15 is 0 Å². The first kappa shape index (κ1) is 17.0. The Kier molecular flexibility index (Phi) is 8.06. The van der Waals surface area contributed by atoms with Gasteiger partial charge in [0.2, 0.25) is 0 Å². The lowest BCUT2D eigenvalue weighted by Crippen LogP contribution is -2.36. The molecule has 0 bridgehead atoms. The number of hydrogen-bond donors (Lipinski definition) is 1. The van der Waals surface area contributed by atoms with E-state index < -0.39 is 0 Å². The molecule has 0 aromatic carbocycles. The predicted molar refractivity (Wildman–Crippen MR) is 86.6 cm³/mol. The molecule has 0 saturated heterocycles. The smallest absolute Gasteiger partial charge is 0.00672 e. The quantitative estimate of drug-likeness (QED) is 0.569. The number of unbranched alkanes of at least 4 members (excludes halogenated alkanes) is 5. The van der Waals surface area contributed by atoms with Crippen LogP contribution in [0.5, 0.6) is 0 Å². The second-order valence-corrected chi connectivity index (χ2v) is 7.64. The van der Waals surface area contributed by atoms with Gasteiger partial charge in [0.1, 0.15) is 0 Å². The first-order chi connectivity index (χ1) is 9.04. The van der Waals surface area contributed by atoms with Gasteiger partial charge >= 0.3 is 0 Å². The maximum absolute atomic E-state index is 3.78. The third-order valence-corrected chi connectivity index (χ3v) is 4.92. The summed E-state index contributed by atoms with van der Waals surface area (Å²) in [5, 5.41) is 3.78. The molecule has 114 valence electrons. The summed E-state index contributed by atoms with van der Waals surface area (Å²) in [5.41, 5.74) is 0.518. The maximum Gasteiger partial charge on any atom is 0.00672 e. The largest absolute Gasteiger partial charge is 0.314 e. The van der Waals surface area contributed by atoms with Gasteiger partial charge in [-0.2, -0.15) is 0 Å². The summed E-state index contributed by atoms with van der Waals surface area (Å²) in [6.07, 6.45) is 14.1. The summed E-state index contributed by atoms with van der Waals surface area (Å²) in [6, 6.07) is 0.814. The molecule has 0 heterocycles. The number of nitrogens with one attached hydrogen (secondary N) is 1. The summed E-state index contributed by atoms with van der Waals surface area (Å²) in [7, 11) is 0. The Hall–Kier alpha value is -0.0400. The zero-order valence-corrected chi connectivity index (χ0v) is 13.9. The van der Waals surface area contributed by atoms with E-state index in [4.69, 9.17) is 0 Å². The topological polar surface area (TPSA) is 12.0 Å². The molecule has 0 aromatic heterocycles. The average molecular weight is 268 g/mol. The third kappa shape index (κ3) is 7.34. The van der Waals surface area contributed by atoms with E-state index in [2.05, 4.69) is 33.0 Å². The van der Waals surface area contributed by atoms with E-state index in [-0.39, 0.29) is 0 Å². The highest BCUT2D eigenvalue weighted by Crippen LogP contribution is 2.37. The molecule has 0 atom stereocenters. The molecule has 1 N–H and O–H groups in total. The zero-order chi connectivity index (χ0) is 14.1. The van der Waals surface area contributed by atoms with Crippen molar-refractivity contribution in [1.82, 2.24) is 5.32 Å². The Morgan fingerprint density at radius 1 is 0.842 bits per heavy atom. The van der Waals surface area contributed by atoms with E-state index in [1.165, 1.54) is 70.8 Å². The summed E-state index contributed by atoms with van der Waals surface area (Å²) in [4.78, 5) is 0. The van der Waals surface area contributed by atoms with Crippen LogP contribution in [0, 0.1) is 11.3 Å². The first-order valence-electron chi connectivity index (χ1n) is 8.77. The Balaban J connectivity index is 1.98. The molecule has 1 saturated carbocycles. The summed E-state index contributed by atoms with van der Waals surface area (Å²) >= 11 is 0. The van der Waals surface area contributed by atoms with Gasteiger partial charge in [-0.05, 0) is 50.0 Å². The van der Waals surface area contributed by atoms with Gasteiger partial charge in [-0.15, -0.1) is 0 Å². The normalized spacial score (nSPS) is 24.6. The lowest BCUT2D eigenvalue weighted by molar-refractivity contribution is 0.160. The van der Waals surface area contributed by atoms with Gasteiger partial charge in [-0.25, -0.2) is 0 Å². The molecule has 19 heavy (non-hydrogen) atoms. The second kappa shape index (κ2) is 9.00. The minimum Gasteiger partial charge on any atom is -0.314 e. The Morgan fingerprint density at radius 2 is 1.42 bits per heavy atom. The van der Waals surface area contributed by atoms with E-state index in [9.17, 15) is 0 Å².